The number of aliphatic hydroxyl groups excluding tert-OH is 2. The minimum Gasteiger partial charge on any atom is -0.508 e. The summed E-state index contributed by atoms with van der Waals surface area (Å²) in [6.45, 7) is 0. The number of fused-ring (bicyclic) bond motifs is 3. The first-order valence-electron chi connectivity index (χ1n) is 10.5. The number of ketones is 2. The van der Waals surface area contributed by atoms with Gasteiger partial charge in [-0.15, -0.1) is 12.4 Å². The quantitative estimate of drug-likeness (QED) is 0.376. The van der Waals surface area contributed by atoms with Gasteiger partial charge in [0.2, 0.25) is 5.78 Å². The first-order valence-corrected chi connectivity index (χ1v) is 10.5. The molecular weight excluding hydrogens is 466 g/mol. The first kappa shape index (κ1) is 25.5. The van der Waals surface area contributed by atoms with E-state index in [9.17, 15) is 34.8 Å². The number of carbonyl (C=O) groups is 3. The van der Waals surface area contributed by atoms with E-state index in [0.717, 1.165) is 5.69 Å². The van der Waals surface area contributed by atoms with E-state index in [1.807, 2.05) is 19.0 Å². The zero-order chi connectivity index (χ0) is 24.6. The van der Waals surface area contributed by atoms with Crippen molar-refractivity contribution in [2.75, 3.05) is 33.1 Å². The molecule has 0 heterocycles. The van der Waals surface area contributed by atoms with Crippen LogP contribution in [-0.4, -0.2) is 82.6 Å². The molecule has 1 aromatic rings. The number of benzene rings is 1. The zero-order valence-electron chi connectivity index (χ0n) is 19.2. The largest absolute Gasteiger partial charge is 0.508 e. The number of Topliss-reactive ketones (excluding diaryl/α,β-unsaturated/α-hetero) is 2. The molecule has 0 saturated heterocycles. The van der Waals surface area contributed by atoms with Gasteiger partial charge in [0.25, 0.3) is 5.91 Å². The number of carbonyl (C=O) groups excluding carboxylic acids is 3. The van der Waals surface area contributed by atoms with Crippen molar-refractivity contribution in [3.63, 3.8) is 0 Å². The molecule has 0 radical (unpaired) electrons. The molecule has 1 amide bonds. The van der Waals surface area contributed by atoms with Crippen molar-refractivity contribution >= 4 is 41.3 Å². The molecule has 0 unspecified atom stereocenters. The molecule has 184 valence electrons. The van der Waals surface area contributed by atoms with Crippen LogP contribution >= 0.6 is 12.4 Å². The van der Waals surface area contributed by atoms with Crippen LogP contribution in [0, 0.1) is 11.8 Å². The minimum atomic E-state index is -2.63. The van der Waals surface area contributed by atoms with Gasteiger partial charge >= 0.3 is 0 Å². The lowest BCUT2D eigenvalue weighted by Gasteiger charge is -2.50. The van der Waals surface area contributed by atoms with Crippen molar-refractivity contribution in [2.24, 2.45) is 17.6 Å². The SMILES string of the molecule is CN(C)c1ccc(O)c2c1C[C@H]1C[C@@H]3[C@H](N(C)C)C(=O)C(C(N)=O)=C(O)[C@@]3(O)C(=O)C1=C2O.Cl. The predicted octanol–water partition coefficient (Wildman–Crippen LogP) is 0.452. The summed E-state index contributed by atoms with van der Waals surface area (Å²) in [6, 6.07) is 2.01. The highest BCUT2D eigenvalue weighted by atomic mass is 35.5. The maximum atomic E-state index is 13.7. The van der Waals surface area contributed by atoms with Crippen LogP contribution in [0.3, 0.4) is 0 Å². The van der Waals surface area contributed by atoms with Gasteiger partial charge in [-0.2, -0.15) is 0 Å². The maximum Gasteiger partial charge on any atom is 0.255 e. The Bertz CT molecular complexity index is 1170. The highest BCUT2D eigenvalue weighted by Crippen LogP contribution is 2.53. The summed E-state index contributed by atoms with van der Waals surface area (Å²) in [5, 5.41) is 43.9. The van der Waals surface area contributed by atoms with Crippen LogP contribution in [0.2, 0.25) is 0 Å². The monoisotopic (exact) mass is 493 g/mol. The number of amides is 1. The number of hydrogen-bond acceptors (Lipinski definition) is 9. The Hall–Kier alpha value is -3.08. The van der Waals surface area contributed by atoms with Gasteiger partial charge < -0.3 is 31.1 Å². The molecule has 1 saturated carbocycles. The number of likely N-dealkylation sites (N-methyl/N-ethyl adjacent to an activating group) is 1. The van der Waals surface area contributed by atoms with Crippen LogP contribution in [0.15, 0.2) is 29.0 Å². The molecule has 4 rings (SSSR count). The second kappa shape index (κ2) is 8.30. The molecule has 1 aromatic carbocycles. The Balaban J connectivity index is 0.00000324. The Kier molecular flexibility index (Phi) is 6.23. The van der Waals surface area contributed by atoms with Crippen molar-refractivity contribution in [3.05, 3.63) is 40.2 Å². The summed E-state index contributed by atoms with van der Waals surface area (Å²) >= 11 is 0. The number of aromatic hydroxyl groups is 1. The minimum absolute atomic E-state index is 0. The smallest absolute Gasteiger partial charge is 0.255 e. The van der Waals surface area contributed by atoms with Crippen molar-refractivity contribution in [3.8, 4) is 5.75 Å². The van der Waals surface area contributed by atoms with Gasteiger partial charge in [0.15, 0.2) is 11.4 Å². The topological polar surface area (TPSA) is 165 Å². The van der Waals surface area contributed by atoms with E-state index in [2.05, 4.69) is 0 Å². The van der Waals surface area contributed by atoms with Crippen molar-refractivity contribution in [1.29, 1.82) is 0 Å². The third-order valence-corrected chi connectivity index (χ3v) is 7.06. The summed E-state index contributed by atoms with van der Waals surface area (Å²) in [5.41, 5.74) is 3.15. The van der Waals surface area contributed by atoms with E-state index in [4.69, 9.17) is 5.73 Å². The molecule has 11 heteroatoms. The van der Waals surface area contributed by atoms with E-state index in [0.29, 0.717) is 5.56 Å². The van der Waals surface area contributed by atoms with Gasteiger partial charge in [0.05, 0.1) is 11.6 Å². The molecule has 10 nitrogen and oxygen atoms in total. The standard InChI is InChI=1S/C23H27N3O7.ClH/c1-25(2)12-5-6-13(27)15-10(12)7-9-8-11-17(26(3)4)19(29)16(22(24)32)21(31)23(11,33)20(30)14(9)18(15)28;/h5-6,9,11,17,27-28,31,33H,7-8H2,1-4H3,(H2,24,32);1H/t9-,11+,17-,23-;/m0./s1. The number of hydrogen-bond donors (Lipinski definition) is 5. The average Bonchev–Trinajstić information content (AvgIpc) is 2.70. The molecule has 34 heavy (non-hydrogen) atoms. The van der Waals surface area contributed by atoms with E-state index >= 15 is 0 Å². The van der Waals surface area contributed by atoms with Gasteiger partial charge in [0.1, 0.15) is 22.8 Å². The number of anilines is 1. The maximum absolute atomic E-state index is 13.7. The van der Waals surface area contributed by atoms with Gasteiger partial charge in [-0.1, -0.05) is 0 Å². The average molecular weight is 494 g/mol. The Labute approximate surface area is 202 Å². The first-order chi connectivity index (χ1) is 15.3. The van der Waals surface area contributed by atoms with E-state index in [1.165, 1.54) is 11.0 Å². The fourth-order valence-electron chi connectivity index (χ4n) is 5.65. The number of nitrogens with two attached hydrogens (primary N) is 1. The number of primary amides is 1. The predicted molar refractivity (Wildman–Crippen MR) is 126 cm³/mol. The van der Waals surface area contributed by atoms with Crippen LogP contribution in [0.5, 0.6) is 5.75 Å². The summed E-state index contributed by atoms with van der Waals surface area (Å²) in [6.07, 6.45) is 0.324. The Morgan fingerprint density at radius 3 is 2.26 bits per heavy atom. The lowest BCUT2D eigenvalue weighted by Crippen LogP contribution is -2.65. The Morgan fingerprint density at radius 2 is 1.74 bits per heavy atom. The molecule has 3 aliphatic rings. The van der Waals surface area contributed by atoms with Crippen molar-refractivity contribution < 1.29 is 34.8 Å². The summed E-state index contributed by atoms with van der Waals surface area (Å²) < 4.78 is 0. The number of halogens is 1. The third kappa shape index (κ3) is 3.20. The number of rotatable bonds is 3. The highest BCUT2D eigenvalue weighted by Gasteiger charge is 2.64. The summed E-state index contributed by atoms with van der Waals surface area (Å²) in [5.74, 6) is -6.54. The number of nitrogens with zero attached hydrogens (tertiary/aromatic N) is 2. The number of phenolic OH excluding ortho intramolecular Hbond substituents is 1. The molecular formula is C23H28ClN3O7. The van der Waals surface area contributed by atoms with Crippen molar-refractivity contribution in [1.82, 2.24) is 4.90 Å². The molecule has 0 spiro atoms. The van der Waals surface area contributed by atoms with Gasteiger partial charge in [-0.3, -0.25) is 19.3 Å². The highest BCUT2D eigenvalue weighted by molar-refractivity contribution is 6.24. The third-order valence-electron chi connectivity index (χ3n) is 7.06. The van der Waals surface area contributed by atoms with Gasteiger partial charge in [-0.05, 0) is 50.6 Å². The number of aliphatic hydroxyl groups is 3. The molecule has 6 N–H and O–H groups in total. The second-order valence-electron chi connectivity index (χ2n) is 9.31. The normalized spacial score (nSPS) is 28.2. The fourth-order valence-corrected chi connectivity index (χ4v) is 5.65. The molecule has 0 aromatic heterocycles. The van der Waals surface area contributed by atoms with Crippen molar-refractivity contribution in [2.45, 2.75) is 24.5 Å². The van der Waals surface area contributed by atoms with Crippen LogP contribution in [0.1, 0.15) is 17.5 Å². The van der Waals surface area contributed by atoms with Gasteiger partial charge in [-0.25, -0.2) is 0 Å². The van der Waals surface area contributed by atoms with Crippen LogP contribution in [-0.2, 0) is 20.8 Å². The zero-order valence-corrected chi connectivity index (χ0v) is 20.0. The molecule has 3 aliphatic carbocycles. The Morgan fingerprint density at radius 1 is 1.12 bits per heavy atom. The van der Waals surface area contributed by atoms with E-state index < -0.39 is 58.0 Å². The van der Waals surface area contributed by atoms with Crippen LogP contribution in [0.4, 0.5) is 5.69 Å². The molecule has 0 bridgehead atoms. The summed E-state index contributed by atoms with van der Waals surface area (Å²) in [7, 11) is 6.75. The molecule has 1 fully saturated rings. The van der Waals surface area contributed by atoms with E-state index in [1.54, 1.807) is 20.2 Å². The van der Waals surface area contributed by atoms with Gasteiger partial charge in [0, 0.05) is 31.3 Å². The lowest BCUT2D eigenvalue weighted by atomic mass is 9.57. The molecule has 4 atom stereocenters. The second-order valence-corrected chi connectivity index (χ2v) is 9.31. The lowest BCUT2D eigenvalue weighted by molar-refractivity contribution is -0.153. The molecule has 0 aliphatic heterocycles. The summed E-state index contributed by atoms with van der Waals surface area (Å²) in [4.78, 5) is 42.0. The van der Waals surface area contributed by atoms with Crippen LogP contribution < -0.4 is 10.6 Å². The van der Waals surface area contributed by atoms with E-state index in [-0.39, 0.29) is 42.1 Å². The number of phenols is 1. The van der Waals surface area contributed by atoms with Crippen LogP contribution in [0.25, 0.3) is 5.76 Å². The fraction of sp³-hybridized carbons (Fsp3) is 0.435.